The van der Waals surface area contributed by atoms with Crippen molar-refractivity contribution in [2.45, 2.75) is 11.5 Å². The zero-order chi connectivity index (χ0) is 12.5. The summed E-state index contributed by atoms with van der Waals surface area (Å²) in [5.74, 6) is -1.76. The predicted molar refractivity (Wildman–Crippen MR) is 56.6 cm³/mol. The number of aromatic carboxylic acids is 1. The van der Waals surface area contributed by atoms with Crippen molar-refractivity contribution in [1.29, 1.82) is 0 Å². The molecule has 0 aromatic carbocycles. The highest BCUT2D eigenvalue weighted by atomic mass is 32.2. The summed E-state index contributed by atoms with van der Waals surface area (Å²) in [6.45, 7) is 0.991. The molecule has 0 bridgehead atoms. The Morgan fingerprint density at radius 1 is 1.47 bits per heavy atom. The van der Waals surface area contributed by atoms with Gasteiger partial charge in [0.15, 0.2) is 0 Å². The quantitative estimate of drug-likeness (QED) is 0.860. The molecule has 0 amide bonds. The van der Waals surface area contributed by atoms with Crippen molar-refractivity contribution < 1.29 is 27.5 Å². The van der Waals surface area contributed by atoms with Crippen molar-refractivity contribution in [3.05, 3.63) is 17.9 Å². The Balaban J connectivity index is 2.15. The topological polar surface area (TPSA) is 93.8 Å². The average molecular weight is 260 g/mol. The maximum atomic E-state index is 11.9. The lowest BCUT2D eigenvalue weighted by molar-refractivity contribution is 0.0656. The van der Waals surface area contributed by atoms with E-state index in [0.717, 1.165) is 6.07 Å². The van der Waals surface area contributed by atoms with E-state index in [1.807, 2.05) is 0 Å². The third kappa shape index (κ3) is 2.67. The van der Waals surface area contributed by atoms with Gasteiger partial charge in [-0.3, -0.25) is 0 Å². The number of sulfone groups is 1. The van der Waals surface area contributed by atoms with Gasteiger partial charge >= 0.3 is 5.97 Å². The molecular formula is C10H12O6S. The summed E-state index contributed by atoms with van der Waals surface area (Å²) in [6, 6.07) is 2.31. The molecule has 0 radical (unpaired) electrons. The van der Waals surface area contributed by atoms with E-state index in [1.165, 1.54) is 6.07 Å². The summed E-state index contributed by atoms with van der Waals surface area (Å²) in [7, 11) is -3.57. The van der Waals surface area contributed by atoms with Crippen LogP contribution in [0, 0.1) is 5.92 Å². The first-order valence-corrected chi connectivity index (χ1v) is 6.78. The number of ether oxygens (including phenoxy) is 1. The maximum absolute atomic E-state index is 11.9. The van der Waals surface area contributed by atoms with Crippen molar-refractivity contribution in [1.82, 2.24) is 0 Å². The molecule has 1 aliphatic heterocycles. The molecule has 1 atom stereocenters. The van der Waals surface area contributed by atoms with E-state index in [1.54, 1.807) is 0 Å². The Kier molecular flexibility index (Phi) is 3.21. The molecule has 1 unspecified atom stereocenters. The number of carbonyl (C=O) groups is 1. The van der Waals surface area contributed by atoms with Gasteiger partial charge in [-0.15, -0.1) is 0 Å². The van der Waals surface area contributed by atoms with Crippen molar-refractivity contribution in [2.75, 3.05) is 19.0 Å². The minimum Gasteiger partial charge on any atom is -0.475 e. The van der Waals surface area contributed by atoms with Gasteiger partial charge in [0, 0.05) is 6.61 Å². The molecule has 0 saturated carbocycles. The summed E-state index contributed by atoms with van der Waals surface area (Å²) in [4.78, 5) is 10.6. The average Bonchev–Trinajstić information content (AvgIpc) is 2.84. The number of furan rings is 1. The SMILES string of the molecule is O=C(O)c1ccc(S(=O)(=O)CC2CCOC2)o1. The summed E-state index contributed by atoms with van der Waals surface area (Å²) in [5.41, 5.74) is 0. The van der Waals surface area contributed by atoms with Crippen LogP contribution in [-0.2, 0) is 14.6 Å². The lowest BCUT2D eigenvalue weighted by Gasteiger charge is -2.05. The highest BCUT2D eigenvalue weighted by Crippen LogP contribution is 2.21. The molecule has 1 aromatic rings. The van der Waals surface area contributed by atoms with Gasteiger partial charge in [0.1, 0.15) is 0 Å². The molecule has 1 fully saturated rings. The van der Waals surface area contributed by atoms with Gasteiger partial charge < -0.3 is 14.3 Å². The Morgan fingerprint density at radius 2 is 2.24 bits per heavy atom. The Morgan fingerprint density at radius 3 is 2.76 bits per heavy atom. The van der Waals surface area contributed by atoms with E-state index in [0.29, 0.717) is 19.6 Å². The largest absolute Gasteiger partial charge is 0.475 e. The van der Waals surface area contributed by atoms with Crippen LogP contribution in [0.3, 0.4) is 0 Å². The van der Waals surface area contributed by atoms with Crippen LogP contribution in [-0.4, -0.2) is 38.5 Å². The van der Waals surface area contributed by atoms with E-state index >= 15 is 0 Å². The molecule has 1 aromatic heterocycles. The van der Waals surface area contributed by atoms with Crippen LogP contribution in [0.25, 0.3) is 0 Å². The highest BCUT2D eigenvalue weighted by Gasteiger charge is 2.27. The third-order valence-corrected chi connectivity index (χ3v) is 4.32. The molecule has 17 heavy (non-hydrogen) atoms. The Hall–Kier alpha value is -1.34. The minimum atomic E-state index is -3.57. The molecule has 1 aliphatic rings. The monoisotopic (exact) mass is 260 g/mol. The molecule has 7 heteroatoms. The standard InChI is InChI=1S/C10H12O6S/c11-10(12)8-1-2-9(16-8)17(13,14)6-7-3-4-15-5-7/h1-2,7H,3-6H2,(H,11,12). The number of carboxylic acid groups (broad SMARTS) is 1. The van der Waals surface area contributed by atoms with Crippen LogP contribution in [0.1, 0.15) is 17.0 Å². The van der Waals surface area contributed by atoms with Gasteiger partial charge in [0.2, 0.25) is 20.7 Å². The second-order valence-corrected chi connectivity index (χ2v) is 5.90. The van der Waals surface area contributed by atoms with Crippen LogP contribution in [0.15, 0.2) is 21.6 Å². The zero-order valence-electron chi connectivity index (χ0n) is 8.96. The molecule has 94 valence electrons. The van der Waals surface area contributed by atoms with Gasteiger partial charge in [-0.25, -0.2) is 13.2 Å². The zero-order valence-corrected chi connectivity index (χ0v) is 9.77. The molecular weight excluding hydrogens is 248 g/mol. The lowest BCUT2D eigenvalue weighted by atomic mass is 10.2. The van der Waals surface area contributed by atoms with Crippen LogP contribution in [0.4, 0.5) is 0 Å². The number of hydrogen-bond donors (Lipinski definition) is 1. The van der Waals surface area contributed by atoms with Crippen LogP contribution < -0.4 is 0 Å². The molecule has 2 heterocycles. The molecule has 1 saturated heterocycles. The summed E-state index contributed by atoms with van der Waals surface area (Å²) in [5, 5.41) is 8.35. The van der Waals surface area contributed by atoms with Crippen molar-refractivity contribution in [2.24, 2.45) is 5.92 Å². The van der Waals surface area contributed by atoms with E-state index in [4.69, 9.17) is 14.3 Å². The number of hydrogen-bond acceptors (Lipinski definition) is 5. The Bertz CT molecular complexity index is 509. The van der Waals surface area contributed by atoms with Crippen LogP contribution in [0.2, 0.25) is 0 Å². The first kappa shape index (κ1) is 12.1. The predicted octanol–water partition coefficient (Wildman–Crippen LogP) is 0.788. The molecule has 0 spiro atoms. The first-order chi connectivity index (χ1) is 7.99. The van der Waals surface area contributed by atoms with Gasteiger partial charge in [0.25, 0.3) is 0 Å². The lowest BCUT2D eigenvalue weighted by Crippen LogP contribution is -2.16. The van der Waals surface area contributed by atoms with E-state index < -0.39 is 15.8 Å². The molecule has 0 aliphatic carbocycles. The molecule has 1 N–H and O–H groups in total. The Labute approximate surface area is 98.1 Å². The second kappa shape index (κ2) is 4.50. The third-order valence-electron chi connectivity index (χ3n) is 2.58. The van der Waals surface area contributed by atoms with Gasteiger partial charge in [-0.05, 0) is 24.5 Å². The van der Waals surface area contributed by atoms with Gasteiger partial charge in [-0.2, -0.15) is 0 Å². The van der Waals surface area contributed by atoms with Crippen LogP contribution >= 0.6 is 0 Å². The smallest absolute Gasteiger partial charge is 0.371 e. The molecule has 2 rings (SSSR count). The van der Waals surface area contributed by atoms with Gasteiger partial charge in [-0.1, -0.05) is 0 Å². The second-order valence-electron chi connectivity index (χ2n) is 3.93. The van der Waals surface area contributed by atoms with E-state index in [-0.39, 0.29) is 22.5 Å². The normalized spacial score (nSPS) is 20.6. The summed E-state index contributed by atoms with van der Waals surface area (Å²) in [6.07, 6.45) is 0.700. The van der Waals surface area contributed by atoms with Gasteiger partial charge in [0.05, 0.1) is 12.4 Å². The van der Waals surface area contributed by atoms with E-state index in [2.05, 4.69) is 0 Å². The van der Waals surface area contributed by atoms with Crippen molar-refractivity contribution in [3.63, 3.8) is 0 Å². The number of carboxylic acids is 1. The summed E-state index contributed by atoms with van der Waals surface area (Å²) < 4.78 is 33.6. The molecule has 6 nitrogen and oxygen atoms in total. The highest BCUT2D eigenvalue weighted by molar-refractivity contribution is 7.91. The maximum Gasteiger partial charge on any atom is 0.371 e. The van der Waals surface area contributed by atoms with Crippen molar-refractivity contribution >= 4 is 15.8 Å². The minimum absolute atomic E-state index is 0.0432. The fourth-order valence-corrected chi connectivity index (χ4v) is 3.25. The number of rotatable bonds is 4. The fraction of sp³-hybridized carbons (Fsp3) is 0.500. The fourth-order valence-electron chi connectivity index (χ4n) is 1.71. The van der Waals surface area contributed by atoms with Crippen molar-refractivity contribution in [3.8, 4) is 0 Å². The first-order valence-electron chi connectivity index (χ1n) is 5.12. The van der Waals surface area contributed by atoms with E-state index in [9.17, 15) is 13.2 Å². The summed E-state index contributed by atoms with van der Waals surface area (Å²) >= 11 is 0. The van der Waals surface area contributed by atoms with Crippen LogP contribution in [0.5, 0.6) is 0 Å².